The van der Waals surface area contributed by atoms with Crippen LogP contribution in [0.2, 0.25) is 0 Å². The van der Waals surface area contributed by atoms with Gasteiger partial charge in [-0.3, -0.25) is 4.79 Å². The molecule has 0 saturated heterocycles. The summed E-state index contributed by atoms with van der Waals surface area (Å²) in [5.74, 6) is -0.702. The molecule has 3 N–H and O–H groups in total. The molecule has 20 heavy (non-hydrogen) atoms. The maximum atomic E-state index is 11.3. The van der Waals surface area contributed by atoms with Crippen molar-refractivity contribution in [2.24, 2.45) is 17.6 Å². The molecule has 0 saturated carbocycles. The van der Waals surface area contributed by atoms with Crippen molar-refractivity contribution in [1.29, 1.82) is 0 Å². The number of amides is 1. The number of allylic oxidation sites excluding steroid dienone is 1. The summed E-state index contributed by atoms with van der Waals surface area (Å²) in [5.41, 5.74) is 6.35. The van der Waals surface area contributed by atoms with Gasteiger partial charge >= 0.3 is 29.6 Å². The maximum Gasteiger partial charge on any atom is 1.00 e. The van der Waals surface area contributed by atoms with Gasteiger partial charge in [-0.25, -0.2) is 0 Å². The van der Waals surface area contributed by atoms with Gasteiger partial charge in [0.05, 0.1) is 5.97 Å². The largest absolute Gasteiger partial charge is 1.00 e. The number of hydrogen-bond donors (Lipinski definition) is 2. The van der Waals surface area contributed by atoms with Crippen molar-refractivity contribution < 1.29 is 44.3 Å². The van der Waals surface area contributed by atoms with E-state index in [1.54, 1.807) is 6.08 Å². The smallest absolute Gasteiger partial charge is 0.545 e. The zero-order chi connectivity index (χ0) is 14.6. The minimum absolute atomic E-state index is 0. The zero-order valence-electron chi connectivity index (χ0n) is 12.8. The van der Waals surface area contributed by atoms with E-state index in [1.165, 1.54) is 6.92 Å². The molecule has 1 aliphatic rings. The molecule has 1 amide bonds. The van der Waals surface area contributed by atoms with Crippen molar-refractivity contribution in [2.75, 3.05) is 0 Å². The average molecular weight is 290 g/mol. The zero-order valence-corrected chi connectivity index (χ0v) is 14.8. The number of carboxylic acid groups (broad SMARTS) is 1. The summed E-state index contributed by atoms with van der Waals surface area (Å²) in [5, 5.41) is 13.8. The first-order chi connectivity index (χ1) is 8.81. The van der Waals surface area contributed by atoms with E-state index in [1.807, 2.05) is 0 Å². The molecule has 0 aromatic rings. The first-order valence-electron chi connectivity index (χ1n) is 6.74. The number of carboxylic acids is 1. The first kappa shape index (κ1) is 19.6. The van der Waals surface area contributed by atoms with Crippen LogP contribution in [-0.4, -0.2) is 24.0 Å². The molecule has 5 nitrogen and oxygen atoms in total. The molecule has 1 rings (SSSR count). The number of nitrogens with two attached hydrogens (primary N) is 1. The van der Waals surface area contributed by atoms with E-state index in [2.05, 4.69) is 19.2 Å². The molecular weight excluding hydrogens is 267 g/mol. The monoisotopic (exact) mass is 290 g/mol. The van der Waals surface area contributed by atoms with Gasteiger partial charge in [-0.15, -0.1) is 0 Å². The van der Waals surface area contributed by atoms with Crippen molar-refractivity contribution in [1.82, 2.24) is 5.32 Å². The Morgan fingerprint density at radius 1 is 1.50 bits per heavy atom. The number of carbonyl (C=O) groups excluding carboxylic acids is 2. The van der Waals surface area contributed by atoms with Crippen LogP contribution < -0.4 is 45.7 Å². The van der Waals surface area contributed by atoms with Crippen molar-refractivity contribution in [3.63, 3.8) is 0 Å². The third kappa shape index (κ3) is 5.95. The van der Waals surface area contributed by atoms with Crippen LogP contribution in [0, 0.1) is 11.8 Å². The third-order valence-corrected chi connectivity index (χ3v) is 3.53. The van der Waals surface area contributed by atoms with E-state index < -0.39 is 5.97 Å². The second-order valence-corrected chi connectivity index (χ2v) is 5.72. The fraction of sp³-hybridized carbons (Fsp3) is 0.714. The van der Waals surface area contributed by atoms with Crippen LogP contribution in [-0.2, 0) is 9.59 Å². The Labute approximate surface area is 142 Å². The first-order valence-corrected chi connectivity index (χ1v) is 6.74. The summed E-state index contributed by atoms with van der Waals surface area (Å²) in [6.07, 6.45) is 3.40. The number of carbonyl (C=O) groups is 2. The van der Waals surface area contributed by atoms with Crippen LogP contribution in [0.4, 0.5) is 0 Å². The van der Waals surface area contributed by atoms with Gasteiger partial charge in [-0.2, -0.15) is 0 Å². The van der Waals surface area contributed by atoms with E-state index >= 15 is 0 Å². The van der Waals surface area contributed by atoms with Crippen LogP contribution in [0.25, 0.3) is 0 Å². The second-order valence-electron chi connectivity index (χ2n) is 5.72. The Kier molecular flexibility index (Phi) is 8.66. The molecule has 0 heterocycles. The summed E-state index contributed by atoms with van der Waals surface area (Å²) in [7, 11) is 0. The Bertz CT molecular complexity index is 383. The second kappa shape index (κ2) is 8.82. The number of nitrogens with one attached hydrogen (secondary N) is 1. The number of hydrogen-bond acceptors (Lipinski definition) is 4. The molecule has 1 aliphatic carbocycles. The Morgan fingerprint density at radius 2 is 2.10 bits per heavy atom. The topological polar surface area (TPSA) is 95.2 Å². The van der Waals surface area contributed by atoms with E-state index in [0.717, 1.165) is 6.42 Å². The molecule has 0 spiro atoms. The predicted octanol–water partition coefficient (Wildman–Crippen LogP) is -3.05. The molecule has 3 atom stereocenters. The van der Waals surface area contributed by atoms with Crippen molar-refractivity contribution in [3.05, 3.63) is 11.6 Å². The normalized spacial score (nSPS) is 23.6. The van der Waals surface area contributed by atoms with Gasteiger partial charge in [0.2, 0.25) is 5.91 Å². The predicted molar refractivity (Wildman–Crippen MR) is 70.8 cm³/mol. The Hall–Kier alpha value is -0.360. The summed E-state index contributed by atoms with van der Waals surface area (Å²) >= 11 is 0. The van der Waals surface area contributed by atoms with E-state index in [4.69, 9.17) is 5.73 Å². The minimum Gasteiger partial charge on any atom is -0.545 e. The van der Waals surface area contributed by atoms with E-state index in [9.17, 15) is 14.7 Å². The fourth-order valence-corrected chi connectivity index (χ4v) is 2.68. The summed E-state index contributed by atoms with van der Waals surface area (Å²) in [6, 6.07) is -0.263. The molecular formula is C14H23N2NaO3. The minimum atomic E-state index is -1.14. The van der Waals surface area contributed by atoms with Gasteiger partial charge in [-0.1, -0.05) is 19.9 Å². The number of aliphatic carboxylic acids is 1. The van der Waals surface area contributed by atoms with Gasteiger partial charge in [0.25, 0.3) is 0 Å². The van der Waals surface area contributed by atoms with Crippen LogP contribution in [0.5, 0.6) is 0 Å². The van der Waals surface area contributed by atoms with Crippen LogP contribution in [0.15, 0.2) is 11.6 Å². The molecule has 0 aromatic carbocycles. The van der Waals surface area contributed by atoms with Crippen LogP contribution in [0.1, 0.15) is 40.0 Å². The van der Waals surface area contributed by atoms with Gasteiger partial charge in [0.1, 0.15) is 0 Å². The SMILES string of the molecule is CC(=O)N[C@@H](CC(C)C)[C@H]1CC=C(C(=O)[O-])C[C@@H]1N.[Na+]. The van der Waals surface area contributed by atoms with Crippen LogP contribution in [0.3, 0.4) is 0 Å². The summed E-state index contributed by atoms with van der Waals surface area (Å²) in [4.78, 5) is 22.1. The Balaban J connectivity index is 0.00000361. The van der Waals surface area contributed by atoms with Gasteiger partial charge < -0.3 is 21.0 Å². The maximum absolute atomic E-state index is 11.3. The molecule has 0 radical (unpaired) electrons. The quantitative estimate of drug-likeness (QED) is 0.526. The molecule has 0 fully saturated rings. The average Bonchev–Trinajstić information content (AvgIpc) is 2.26. The molecule has 6 heteroatoms. The fourth-order valence-electron chi connectivity index (χ4n) is 2.68. The molecule has 0 bridgehead atoms. The van der Waals surface area contributed by atoms with Gasteiger partial charge in [-0.05, 0) is 36.7 Å². The molecule has 0 aromatic heterocycles. The van der Waals surface area contributed by atoms with Gasteiger partial charge in [0, 0.05) is 19.0 Å². The molecule has 0 aliphatic heterocycles. The van der Waals surface area contributed by atoms with Crippen molar-refractivity contribution in [2.45, 2.75) is 52.1 Å². The third-order valence-electron chi connectivity index (χ3n) is 3.53. The molecule has 108 valence electrons. The Morgan fingerprint density at radius 3 is 2.50 bits per heavy atom. The van der Waals surface area contributed by atoms with Crippen LogP contribution >= 0.6 is 0 Å². The molecule has 0 unspecified atom stereocenters. The van der Waals surface area contributed by atoms with Crippen molar-refractivity contribution >= 4 is 11.9 Å². The van der Waals surface area contributed by atoms with Crippen molar-refractivity contribution in [3.8, 4) is 0 Å². The summed E-state index contributed by atoms with van der Waals surface area (Å²) in [6.45, 7) is 5.67. The van der Waals surface area contributed by atoms with E-state index in [-0.39, 0.29) is 59.0 Å². The standard InChI is InChI=1S/C14H24N2O3.Na/c1-8(2)6-13(16-9(3)17)11-5-4-10(14(18)19)7-12(11)15;/h4,8,11-13H,5-7,15H2,1-3H3,(H,16,17)(H,18,19);/q;+1/p-1/t11-,12-,13-;/m0./s1. The summed E-state index contributed by atoms with van der Waals surface area (Å²) < 4.78 is 0. The van der Waals surface area contributed by atoms with Gasteiger partial charge in [0.15, 0.2) is 0 Å². The number of rotatable bonds is 5. The van der Waals surface area contributed by atoms with E-state index in [0.29, 0.717) is 18.8 Å².